The van der Waals surface area contributed by atoms with Crippen LogP contribution >= 0.6 is 11.8 Å². The highest BCUT2D eigenvalue weighted by Gasteiger charge is 2.38. The van der Waals surface area contributed by atoms with Crippen molar-refractivity contribution < 1.29 is 23.7 Å². The smallest absolute Gasteiger partial charge is 0.338 e. The van der Waals surface area contributed by atoms with Gasteiger partial charge in [0.25, 0.3) is 0 Å². The fourth-order valence-corrected chi connectivity index (χ4v) is 4.56. The third-order valence-electron chi connectivity index (χ3n) is 4.76. The lowest BCUT2D eigenvalue weighted by Gasteiger charge is -2.40. The first-order valence-electron chi connectivity index (χ1n) is 9.21. The number of methoxy groups -OCH3 is 3. The summed E-state index contributed by atoms with van der Waals surface area (Å²) in [6.45, 7) is 4.78. The highest BCUT2D eigenvalue weighted by Crippen LogP contribution is 2.45. The van der Waals surface area contributed by atoms with Crippen molar-refractivity contribution in [1.82, 2.24) is 4.90 Å². The number of ether oxygens (including phenoxy) is 4. The molecule has 1 aromatic rings. The first-order valence-corrected chi connectivity index (χ1v) is 10.2. The Morgan fingerprint density at radius 1 is 1.21 bits per heavy atom. The molecule has 3 rings (SSSR count). The number of hydrogen-bond donors (Lipinski definition) is 0. The van der Waals surface area contributed by atoms with Gasteiger partial charge in [0.05, 0.1) is 45.2 Å². The van der Waals surface area contributed by atoms with E-state index in [-0.39, 0.29) is 12.0 Å². The molecule has 0 saturated carbocycles. The lowest BCUT2D eigenvalue weighted by Crippen LogP contribution is -2.42. The summed E-state index contributed by atoms with van der Waals surface area (Å²) in [4.78, 5) is 19.7. The van der Waals surface area contributed by atoms with E-state index >= 15 is 0 Å². The maximum absolute atomic E-state index is 12.8. The minimum absolute atomic E-state index is 0.308. The molecule has 1 aromatic carbocycles. The molecule has 152 valence electrons. The zero-order chi connectivity index (χ0) is 20.3. The van der Waals surface area contributed by atoms with Crippen LogP contribution in [-0.2, 0) is 9.53 Å². The van der Waals surface area contributed by atoms with Crippen LogP contribution in [-0.4, -0.2) is 56.3 Å². The largest absolute Gasteiger partial charge is 0.493 e. The summed E-state index contributed by atoms with van der Waals surface area (Å²) in [5.41, 5.74) is 2.09. The van der Waals surface area contributed by atoms with E-state index in [1.54, 1.807) is 40.0 Å². The summed E-state index contributed by atoms with van der Waals surface area (Å²) in [5, 5.41) is 0.926. The zero-order valence-electron chi connectivity index (χ0n) is 16.9. The molecule has 2 aliphatic rings. The van der Waals surface area contributed by atoms with E-state index in [2.05, 4.69) is 9.89 Å². The number of hydrogen-bond acceptors (Lipinski definition) is 8. The van der Waals surface area contributed by atoms with Crippen LogP contribution in [0.2, 0.25) is 0 Å². The Balaban J connectivity index is 2.18. The Kier molecular flexibility index (Phi) is 6.39. The predicted octanol–water partition coefficient (Wildman–Crippen LogP) is 3.40. The number of benzene rings is 1. The van der Waals surface area contributed by atoms with E-state index in [1.807, 2.05) is 19.1 Å². The highest BCUT2D eigenvalue weighted by atomic mass is 32.2. The van der Waals surface area contributed by atoms with Gasteiger partial charge in [0, 0.05) is 12.3 Å². The number of carbonyl (C=O) groups excluding carboxylic acids is 1. The van der Waals surface area contributed by atoms with Gasteiger partial charge >= 0.3 is 5.97 Å². The molecule has 1 atom stereocenters. The van der Waals surface area contributed by atoms with Gasteiger partial charge in [-0.1, -0.05) is 11.8 Å². The van der Waals surface area contributed by atoms with Gasteiger partial charge in [-0.2, -0.15) is 0 Å². The number of thioether (sulfide) groups is 1. The standard InChI is InChI=1S/C20H26N2O5S/c1-6-27-19(23)16-12(2)21-20-22(8-7-9-28-20)17(16)13-10-14(24-3)18(26-5)15(11-13)25-4/h10-11,17H,6-9H2,1-5H3/t17-/m0/s1. The Hall–Kier alpha value is -2.35. The molecule has 2 heterocycles. The number of aliphatic imine (C=N–C) groups is 1. The molecular formula is C20H26N2O5S. The highest BCUT2D eigenvalue weighted by molar-refractivity contribution is 8.13. The average Bonchev–Trinajstić information content (AvgIpc) is 2.71. The minimum atomic E-state index is -0.350. The quantitative estimate of drug-likeness (QED) is 0.671. The van der Waals surface area contributed by atoms with Crippen LogP contribution in [0.15, 0.2) is 28.4 Å². The van der Waals surface area contributed by atoms with Crippen molar-refractivity contribution in [3.8, 4) is 17.2 Å². The summed E-state index contributed by atoms with van der Waals surface area (Å²) < 4.78 is 21.9. The number of allylic oxidation sites excluding steroid dienone is 1. The molecule has 0 aromatic heterocycles. The van der Waals surface area contributed by atoms with Crippen molar-refractivity contribution in [1.29, 1.82) is 0 Å². The second kappa shape index (κ2) is 8.77. The van der Waals surface area contributed by atoms with E-state index < -0.39 is 0 Å². The van der Waals surface area contributed by atoms with Gasteiger partial charge in [0.1, 0.15) is 0 Å². The van der Waals surface area contributed by atoms with E-state index in [0.717, 1.165) is 29.4 Å². The average molecular weight is 407 g/mol. The van der Waals surface area contributed by atoms with Crippen molar-refractivity contribution in [2.75, 3.05) is 40.2 Å². The van der Waals surface area contributed by atoms with E-state index in [4.69, 9.17) is 18.9 Å². The lowest BCUT2D eigenvalue weighted by atomic mass is 9.93. The van der Waals surface area contributed by atoms with Gasteiger partial charge in [0.2, 0.25) is 5.75 Å². The molecule has 8 heteroatoms. The molecule has 0 radical (unpaired) electrons. The van der Waals surface area contributed by atoms with Gasteiger partial charge in [0.15, 0.2) is 16.7 Å². The second-order valence-electron chi connectivity index (χ2n) is 6.37. The van der Waals surface area contributed by atoms with Crippen molar-refractivity contribution in [3.63, 3.8) is 0 Å². The first kappa shape index (κ1) is 20.4. The van der Waals surface area contributed by atoms with Crippen molar-refractivity contribution in [2.24, 2.45) is 4.99 Å². The third-order valence-corrected chi connectivity index (χ3v) is 5.83. The van der Waals surface area contributed by atoms with Crippen molar-refractivity contribution in [3.05, 3.63) is 29.0 Å². The van der Waals surface area contributed by atoms with Crippen LogP contribution in [0.5, 0.6) is 17.2 Å². The van der Waals surface area contributed by atoms with Crippen LogP contribution in [0.4, 0.5) is 0 Å². The summed E-state index contributed by atoms with van der Waals surface area (Å²) in [6, 6.07) is 3.45. The number of carbonyl (C=O) groups is 1. The lowest BCUT2D eigenvalue weighted by molar-refractivity contribution is -0.139. The van der Waals surface area contributed by atoms with E-state index in [9.17, 15) is 4.79 Å². The van der Waals surface area contributed by atoms with Crippen LogP contribution in [0.3, 0.4) is 0 Å². The topological polar surface area (TPSA) is 69.6 Å². The van der Waals surface area contributed by atoms with Gasteiger partial charge in [-0.25, -0.2) is 9.79 Å². The number of rotatable bonds is 6. The Morgan fingerprint density at radius 2 is 1.89 bits per heavy atom. The normalized spacial score (nSPS) is 19.0. The Labute approximate surface area is 169 Å². The third kappa shape index (κ3) is 3.65. The molecule has 28 heavy (non-hydrogen) atoms. The second-order valence-corrected chi connectivity index (χ2v) is 7.43. The van der Waals surface area contributed by atoms with Crippen LogP contribution in [0.1, 0.15) is 31.9 Å². The molecule has 1 saturated heterocycles. The van der Waals surface area contributed by atoms with E-state index in [1.165, 1.54) is 0 Å². The van der Waals surface area contributed by atoms with Gasteiger partial charge < -0.3 is 23.8 Å². The van der Waals surface area contributed by atoms with E-state index in [0.29, 0.717) is 35.1 Å². The summed E-state index contributed by atoms with van der Waals surface area (Å²) in [5.74, 6) is 2.28. The first-order chi connectivity index (χ1) is 13.5. The number of fused-ring (bicyclic) bond motifs is 1. The maximum Gasteiger partial charge on any atom is 0.338 e. The molecule has 0 bridgehead atoms. The molecule has 2 aliphatic heterocycles. The molecular weight excluding hydrogens is 380 g/mol. The molecule has 0 N–H and O–H groups in total. The fraction of sp³-hybridized carbons (Fsp3) is 0.500. The minimum Gasteiger partial charge on any atom is -0.493 e. The Bertz CT molecular complexity index is 796. The fourth-order valence-electron chi connectivity index (χ4n) is 3.54. The summed E-state index contributed by atoms with van der Waals surface area (Å²) in [7, 11) is 4.73. The molecule has 0 aliphatic carbocycles. The van der Waals surface area contributed by atoms with Gasteiger partial charge in [-0.05, 0) is 38.0 Å². The summed E-state index contributed by atoms with van der Waals surface area (Å²) >= 11 is 1.71. The van der Waals surface area contributed by atoms with Gasteiger partial charge in [-0.3, -0.25) is 0 Å². The molecule has 0 unspecified atom stereocenters. The predicted molar refractivity (Wildman–Crippen MR) is 109 cm³/mol. The van der Waals surface area contributed by atoms with Crippen LogP contribution < -0.4 is 14.2 Å². The molecule has 0 spiro atoms. The number of amidine groups is 1. The maximum atomic E-state index is 12.8. The van der Waals surface area contributed by atoms with Crippen molar-refractivity contribution in [2.45, 2.75) is 26.3 Å². The SMILES string of the molecule is CCOC(=O)C1=C(C)N=C2SCCCN2[C@H]1c1cc(OC)c(OC)c(OC)c1. The monoisotopic (exact) mass is 406 g/mol. The van der Waals surface area contributed by atoms with Crippen molar-refractivity contribution >= 4 is 22.9 Å². The van der Waals surface area contributed by atoms with Gasteiger partial charge in [-0.15, -0.1) is 0 Å². The molecule has 7 nitrogen and oxygen atoms in total. The van der Waals surface area contributed by atoms with Crippen LogP contribution in [0, 0.1) is 0 Å². The van der Waals surface area contributed by atoms with Crippen LogP contribution in [0.25, 0.3) is 0 Å². The zero-order valence-corrected chi connectivity index (χ0v) is 17.7. The molecule has 1 fully saturated rings. The number of esters is 1. The number of nitrogens with zero attached hydrogens (tertiary/aromatic N) is 2. The molecule has 0 amide bonds. The Morgan fingerprint density at radius 3 is 2.46 bits per heavy atom. The summed E-state index contributed by atoms with van der Waals surface area (Å²) in [6.07, 6.45) is 1.01.